The molecule has 1 aromatic carbocycles. The predicted octanol–water partition coefficient (Wildman–Crippen LogP) is 2.85. The Labute approximate surface area is 132 Å². The van der Waals surface area contributed by atoms with Crippen molar-refractivity contribution < 1.29 is 18.3 Å². The minimum Gasteiger partial charge on any atom is -0.433 e. The summed E-state index contributed by atoms with van der Waals surface area (Å²) in [7, 11) is 0. The quantitative estimate of drug-likeness (QED) is 0.877. The van der Waals surface area contributed by atoms with Crippen molar-refractivity contribution >= 4 is 27.5 Å². The molecule has 2 rings (SSSR count). The van der Waals surface area contributed by atoms with Gasteiger partial charge in [0.15, 0.2) is 0 Å². The molecule has 0 aliphatic rings. The first-order chi connectivity index (χ1) is 10.5. The van der Waals surface area contributed by atoms with E-state index in [1.54, 1.807) is 12.1 Å². The number of rotatable bonds is 5. The number of benzene rings is 1. The van der Waals surface area contributed by atoms with Crippen molar-refractivity contribution in [1.29, 1.82) is 0 Å². The Kier molecular flexibility index (Phi) is 5.26. The van der Waals surface area contributed by atoms with E-state index in [1.807, 2.05) is 0 Å². The van der Waals surface area contributed by atoms with E-state index in [0.717, 1.165) is 0 Å². The number of carbonyl (C=O) groups is 1. The highest BCUT2D eigenvalue weighted by Gasteiger charge is 2.12. The molecule has 0 spiro atoms. The van der Waals surface area contributed by atoms with Gasteiger partial charge < -0.3 is 14.6 Å². The zero-order valence-electron chi connectivity index (χ0n) is 11.1. The van der Waals surface area contributed by atoms with Crippen molar-refractivity contribution in [2.45, 2.75) is 13.2 Å². The maximum absolute atomic E-state index is 12.3. The lowest BCUT2D eigenvalue weighted by molar-refractivity contribution is -0.116. The molecular formula is C14H11BrF2N2O3. The van der Waals surface area contributed by atoms with Crippen molar-refractivity contribution in [3.05, 3.63) is 57.4 Å². The second kappa shape index (κ2) is 7.17. The molecule has 1 heterocycles. The van der Waals surface area contributed by atoms with Crippen LogP contribution in [-0.2, 0) is 11.3 Å². The third-order valence-corrected chi connectivity index (χ3v) is 3.11. The van der Waals surface area contributed by atoms with Gasteiger partial charge in [-0.3, -0.25) is 9.59 Å². The monoisotopic (exact) mass is 372 g/mol. The van der Waals surface area contributed by atoms with Crippen LogP contribution in [0.4, 0.5) is 14.5 Å². The van der Waals surface area contributed by atoms with Gasteiger partial charge in [0, 0.05) is 16.7 Å². The van der Waals surface area contributed by atoms with Gasteiger partial charge in [-0.1, -0.05) is 12.1 Å². The van der Waals surface area contributed by atoms with E-state index in [2.05, 4.69) is 26.0 Å². The number of amides is 1. The van der Waals surface area contributed by atoms with E-state index in [4.69, 9.17) is 0 Å². The molecule has 0 saturated heterocycles. The van der Waals surface area contributed by atoms with Crippen molar-refractivity contribution in [2.24, 2.45) is 0 Å². The fourth-order valence-electron chi connectivity index (χ4n) is 1.74. The van der Waals surface area contributed by atoms with Gasteiger partial charge >= 0.3 is 6.61 Å². The summed E-state index contributed by atoms with van der Waals surface area (Å²) in [5.74, 6) is -0.682. The summed E-state index contributed by atoms with van der Waals surface area (Å²) in [5, 5.41) is 2.44. The Hall–Kier alpha value is -2.22. The molecule has 0 aliphatic heterocycles. The molecule has 5 nitrogen and oxygen atoms in total. The smallest absolute Gasteiger partial charge is 0.387 e. The van der Waals surface area contributed by atoms with Crippen LogP contribution in [0.1, 0.15) is 0 Å². The number of halogens is 3. The number of nitrogens with zero attached hydrogens (tertiary/aromatic N) is 1. The van der Waals surface area contributed by atoms with E-state index < -0.39 is 12.5 Å². The van der Waals surface area contributed by atoms with Crippen molar-refractivity contribution in [2.75, 3.05) is 5.32 Å². The first kappa shape index (κ1) is 16.2. The number of anilines is 1. The Bertz CT molecular complexity index is 734. The molecule has 8 heteroatoms. The van der Waals surface area contributed by atoms with Gasteiger partial charge in [-0.2, -0.15) is 8.78 Å². The van der Waals surface area contributed by atoms with Crippen LogP contribution in [0.25, 0.3) is 0 Å². The van der Waals surface area contributed by atoms with Gasteiger partial charge in [0.2, 0.25) is 5.91 Å². The first-order valence-electron chi connectivity index (χ1n) is 6.15. The molecule has 0 aliphatic carbocycles. The van der Waals surface area contributed by atoms with Crippen LogP contribution in [-0.4, -0.2) is 17.1 Å². The van der Waals surface area contributed by atoms with Gasteiger partial charge in [-0.05, 0) is 34.1 Å². The standard InChI is InChI=1S/C14H11BrF2N2O3/c15-9-5-6-13(21)19(7-9)8-12(20)18-10-3-1-2-4-11(10)22-14(16)17/h1-7,14H,8H2,(H,18,20). The van der Waals surface area contributed by atoms with Gasteiger partial charge in [0.05, 0.1) is 5.69 Å². The van der Waals surface area contributed by atoms with E-state index >= 15 is 0 Å². The lowest BCUT2D eigenvalue weighted by Crippen LogP contribution is -2.26. The number of hydrogen-bond donors (Lipinski definition) is 1. The number of hydrogen-bond acceptors (Lipinski definition) is 3. The Morgan fingerprint density at radius 1 is 1.27 bits per heavy atom. The average molecular weight is 373 g/mol. The van der Waals surface area contributed by atoms with E-state index in [0.29, 0.717) is 4.47 Å². The summed E-state index contributed by atoms with van der Waals surface area (Å²) in [4.78, 5) is 23.6. The Morgan fingerprint density at radius 2 is 2.00 bits per heavy atom. The maximum Gasteiger partial charge on any atom is 0.387 e. The predicted molar refractivity (Wildman–Crippen MR) is 80.1 cm³/mol. The normalized spacial score (nSPS) is 10.5. The molecule has 0 radical (unpaired) electrons. The second-order valence-corrected chi connectivity index (χ2v) is 5.15. The molecule has 0 fully saturated rings. The van der Waals surface area contributed by atoms with Gasteiger partial charge in [-0.15, -0.1) is 0 Å². The number of pyridine rings is 1. The first-order valence-corrected chi connectivity index (χ1v) is 6.94. The van der Waals surface area contributed by atoms with Gasteiger partial charge in [0.25, 0.3) is 5.56 Å². The molecule has 0 bridgehead atoms. The summed E-state index contributed by atoms with van der Waals surface area (Å²) in [6.07, 6.45) is 1.46. The third-order valence-electron chi connectivity index (χ3n) is 2.64. The van der Waals surface area contributed by atoms with Crippen LogP contribution in [0.2, 0.25) is 0 Å². The van der Waals surface area contributed by atoms with Crippen molar-refractivity contribution in [1.82, 2.24) is 4.57 Å². The number of carbonyl (C=O) groups excluding carboxylic acids is 1. The number of para-hydroxylation sites is 2. The number of aromatic nitrogens is 1. The summed E-state index contributed by atoms with van der Waals surface area (Å²) >= 11 is 3.20. The van der Waals surface area contributed by atoms with Crippen LogP contribution in [0.5, 0.6) is 5.75 Å². The van der Waals surface area contributed by atoms with Gasteiger partial charge in [-0.25, -0.2) is 0 Å². The van der Waals surface area contributed by atoms with Crippen LogP contribution in [0.15, 0.2) is 51.9 Å². The second-order valence-electron chi connectivity index (χ2n) is 4.24. The lowest BCUT2D eigenvalue weighted by atomic mass is 10.3. The minimum absolute atomic E-state index is 0.107. The number of ether oxygens (including phenoxy) is 1. The van der Waals surface area contributed by atoms with Crippen molar-refractivity contribution in [3.63, 3.8) is 0 Å². The topological polar surface area (TPSA) is 60.3 Å². The zero-order valence-corrected chi connectivity index (χ0v) is 12.7. The van der Waals surface area contributed by atoms with E-state index in [-0.39, 0.29) is 23.5 Å². The summed E-state index contributed by atoms with van der Waals surface area (Å²) < 4.78 is 30.7. The fraction of sp³-hybridized carbons (Fsp3) is 0.143. The van der Waals surface area contributed by atoms with E-state index in [1.165, 1.54) is 35.0 Å². The highest BCUT2D eigenvalue weighted by Crippen LogP contribution is 2.25. The minimum atomic E-state index is -2.99. The molecule has 1 aromatic heterocycles. The average Bonchev–Trinajstić information content (AvgIpc) is 2.44. The number of nitrogens with one attached hydrogen (secondary N) is 1. The molecule has 116 valence electrons. The zero-order chi connectivity index (χ0) is 16.1. The van der Waals surface area contributed by atoms with Gasteiger partial charge in [0.1, 0.15) is 12.3 Å². The molecule has 0 saturated carbocycles. The molecule has 0 unspecified atom stereocenters. The molecule has 1 amide bonds. The summed E-state index contributed by atoms with van der Waals surface area (Å²) in [6.45, 7) is -3.24. The molecular weight excluding hydrogens is 362 g/mol. The highest BCUT2D eigenvalue weighted by atomic mass is 79.9. The lowest BCUT2D eigenvalue weighted by Gasteiger charge is -2.12. The SMILES string of the molecule is O=C(Cn1cc(Br)ccc1=O)Nc1ccccc1OC(F)F. The molecule has 2 aromatic rings. The van der Waals surface area contributed by atoms with Crippen LogP contribution in [0, 0.1) is 0 Å². The molecule has 1 N–H and O–H groups in total. The largest absolute Gasteiger partial charge is 0.433 e. The summed E-state index contributed by atoms with van der Waals surface area (Å²) in [5.41, 5.74) is -0.244. The van der Waals surface area contributed by atoms with Crippen LogP contribution >= 0.6 is 15.9 Å². The Morgan fingerprint density at radius 3 is 2.73 bits per heavy atom. The molecule has 0 atom stereocenters. The fourth-order valence-corrected chi connectivity index (χ4v) is 2.12. The van der Waals surface area contributed by atoms with Crippen LogP contribution in [0.3, 0.4) is 0 Å². The number of alkyl halides is 2. The van der Waals surface area contributed by atoms with Crippen LogP contribution < -0.4 is 15.6 Å². The maximum atomic E-state index is 12.3. The third kappa shape index (κ3) is 4.39. The summed E-state index contributed by atoms with van der Waals surface area (Å²) in [6, 6.07) is 8.69. The Balaban J connectivity index is 2.12. The molecule has 22 heavy (non-hydrogen) atoms. The highest BCUT2D eigenvalue weighted by molar-refractivity contribution is 9.10. The van der Waals surface area contributed by atoms with E-state index in [9.17, 15) is 18.4 Å². The van der Waals surface area contributed by atoms with Crippen molar-refractivity contribution in [3.8, 4) is 5.75 Å².